The van der Waals surface area contributed by atoms with Crippen LogP contribution in [0.2, 0.25) is 0 Å². The highest BCUT2D eigenvalue weighted by atomic mass is 16.5. The predicted octanol–water partition coefficient (Wildman–Crippen LogP) is 1.11. The molecule has 0 bridgehead atoms. The molecule has 1 fully saturated rings. The van der Waals surface area contributed by atoms with Crippen LogP contribution in [0.1, 0.15) is 24.0 Å². The van der Waals surface area contributed by atoms with Crippen LogP contribution in [0, 0.1) is 0 Å². The van der Waals surface area contributed by atoms with Gasteiger partial charge in [-0.2, -0.15) is 0 Å². The van der Waals surface area contributed by atoms with Gasteiger partial charge in [-0.05, 0) is 47.5 Å². The third-order valence-electron chi connectivity index (χ3n) is 6.04. The molecule has 0 heterocycles. The molecule has 2 aromatic rings. The van der Waals surface area contributed by atoms with Gasteiger partial charge in [0.2, 0.25) is 0 Å². The minimum absolute atomic E-state index is 0.328. The molecule has 39 heavy (non-hydrogen) atoms. The first-order chi connectivity index (χ1) is 18.4. The monoisotopic (exact) mass is 544 g/mol. The molecule has 12 nitrogen and oxygen atoms in total. The molecular weight excluding hydrogens is 516 g/mol. The number of aliphatic hydroxyl groups is 2. The van der Waals surface area contributed by atoms with Crippen molar-refractivity contribution in [3.63, 3.8) is 0 Å². The maximum Gasteiger partial charge on any atom is 0.335 e. The van der Waals surface area contributed by atoms with Crippen molar-refractivity contribution < 1.29 is 59.6 Å². The average molecular weight is 545 g/mol. The van der Waals surface area contributed by atoms with Gasteiger partial charge in [0.25, 0.3) is 0 Å². The van der Waals surface area contributed by atoms with Crippen molar-refractivity contribution in [3.05, 3.63) is 59.7 Å². The van der Waals surface area contributed by atoms with Crippen LogP contribution in [0.15, 0.2) is 48.6 Å². The van der Waals surface area contributed by atoms with Gasteiger partial charge < -0.3 is 45.2 Å². The van der Waals surface area contributed by atoms with Crippen LogP contribution >= 0.6 is 0 Å². The number of carboxylic acids is 1. The first kappa shape index (κ1) is 29.3. The molecule has 1 aliphatic rings. The van der Waals surface area contributed by atoms with Crippen molar-refractivity contribution in [2.24, 2.45) is 0 Å². The zero-order chi connectivity index (χ0) is 28.7. The highest BCUT2D eigenvalue weighted by Crippen LogP contribution is 2.33. The molecule has 3 rings (SSSR count). The van der Waals surface area contributed by atoms with Crippen LogP contribution in [0.25, 0.3) is 12.2 Å². The lowest BCUT2D eigenvalue weighted by atomic mass is 9.79. The van der Waals surface area contributed by atoms with Gasteiger partial charge in [-0.3, -0.25) is 9.59 Å². The number of hydrogen-bond donors (Lipinski definition) is 7. The number of aliphatic carboxylic acids is 1. The molecule has 7 N–H and O–H groups in total. The highest BCUT2D eigenvalue weighted by molar-refractivity contribution is 5.95. The van der Waals surface area contributed by atoms with E-state index in [-0.39, 0.29) is 23.0 Å². The number of ether oxygens (including phenoxy) is 2. The fourth-order valence-electron chi connectivity index (χ4n) is 3.86. The summed E-state index contributed by atoms with van der Waals surface area (Å²) in [6, 6.07) is 7.82. The van der Waals surface area contributed by atoms with E-state index in [1.165, 1.54) is 48.6 Å². The van der Waals surface area contributed by atoms with E-state index in [2.05, 4.69) is 0 Å². The molecule has 2 atom stereocenters. The number of ketones is 2. The Hall–Kier alpha value is -4.23. The van der Waals surface area contributed by atoms with Crippen molar-refractivity contribution >= 4 is 29.7 Å². The zero-order valence-electron chi connectivity index (χ0n) is 20.5. The fraction of sp³-hybridized carbons (Fsp3) is 0.296. The second-order valence-corrected chi connectivity index (χ2v) is 9.03. The van der Waals surface area contributed by atoms with Gasteiger partial charge in [0, 0.05) is 12.8 Å². The molecule has 208 valence electrons. The topological polar surface area (TPSA) is 211 Å². The standard InChI is InChI=1S/C27H28O12/c28-17(5-1-15-3-7-19(30)21(32)9-15)13-38-23-11-27(37,26(35)36)12-24(25(23)34)39-14-18(29)6-2-16-4-8-20(31)22(33)10-16/h1-10,23-25,30-34,37H,11-14H2,(H,35,36). The normalized spacial score (nSPS) is 23.3. The molecule has 1 aliphatic carbocycles. The molecule has 12 heteroatoms. The summed E-state index contributed by atoms with van der Waals surface area (Å²) in [5, 5.41) is 68.5. The molecule has 2 aromatic carbocycles. The van der Waals surface area contributed by atoms with Gasteiger partial charge in [-0.25, -0.2) is 4.79 Å². The van der Waals surface area contributed by atoms with Crippen molar-refractivity contribution in [2.45, 2.75) is 36.8 Å². The van der Waals surface area contributed by atoms with Gasteiger partial charge >= 0.3 is 5.97 Å². The van der Waals surface area contributed by atoms with E-state index in [1.54, 1.807) is 0 Å². The molecule has 2 unspecified atom stereocenters. The van der Waals surface area contributed by atoms with Gasteiger partial charge in [0.15, 0.2) is 40.2 Å². The van der Waals surface area contributed by atoms with Gasteiger partial charge in [-0.1, -0.05) is 24.3 Å². The summed E-state index contributed by atoms with van der Waals surface area (Å²) in [4.78, 5) is 36.2. The van der Waals surface area contributed by atoms with Crippen molar-refractivity contribution in [1.29, 1.82) is 0 Å². The number of aliphatic hydroxyl groups excluding tert-OH is 1. The highest BCUT2D eigenvalue weighted by Gasteiger charge is 2.50. The third kappa shape index (κ3) is 7.88. The summed E-state index contributed by atoms with van der Waals surface area (Å²) in [5.74, 6) is -4.14. The number of aromatic hydroxyl groups is 4. The predicted molar refractivity (Wildman–Crippen MR) is 135 cm³/mol. The minimum atomic E-state index is -2.35. The maximum absolute atomic E-state index is 12.2. The molecule has 0 saturated heterocycles. The Morgan fingerprint density at radius 2 is 1.18 bits per heavy atom. The van der Waals surface area contributed by atoms with Crippen LogP contribution in [0.5, 0.6) is 23.0 Å². The smallest absolute Gasteiger partial charge is 0.335 e. The molecule has 0 aromatic heterocycles. The van der Waals surface area contributed by atoms with Crippen LogP contribution in [0.3, 0.4) is 0 Å². The van der Waals surface area contributed by atoms with Crippen LogP contribution in [0.4, 0.5) is 0 Å². The number of phenols is 4. The van der Waals surface area contributed by atoms with E-state index in [0.29, 0.717) is 11.1 Å². The van der Waals surface area contributed by atoms with Crippen LogP contribution < -0.4 is 0 Å². The van der Waals surface area contributed by atoms with E-state index in [9.17, 15) is 50.1 Å². The summed E-state index contributed by atoms with van der Waals surface area (Å²) >= 11 is 0. The van der Waals surface area contributed by atoms with Gasteiger partial charge in [0.05, 0.1) is 12.2 Å². The Morgan fingerprint density at radius 3 is 1.54 bits per heavy atom. The lowest BCUT2D eigenvalue weighted by Gasteiger charge is -2.41. The second kappa shape index (κ2) is 12.5. The fourth-order valence-corrected chi connectivity index (χ4v) is 3.86. The summed E-state index contributed by atoms with van der Waals surface area (Å²) in [7, 11) is 0. The average Bonchev–Trinajstić information content (AvgIpc) is 2.89. The number of phenolic OH excluding ortho intramolecular Hbond substituents is 4. The minimum Gasteiger partial charge on any atom is -0.504 e. The van der Waals surface area contributed by atoms with Crippen molar-refractivity contribution in [3.8, 4) is 23.0 Å². The quantitative estimate of drug-likeness (QED) is 0.157. The second-order valence-electron chi connectivity index (χ2n) is 9.03. The van der Waals surface area contributed by atoms with Crippen molar-refractivity contribution in [1.82, 2.24) is 0 Å². The van der Waals surface area contributed by atoms with Gasteiger partial charge in [0.1, 0.15) is 19.3 Å². The summed E-state index contributed by atoms with van der Waals surface area (Å²) in [6.07, 6.45) is -0.235. The lowest BCUT2D eigenvalue weighted by Crippen LogP contribution is -2.57. The Balaban J connectivity index is 1.60. The SMILES string of the molecule is O=C(C=Cc1ccc(O)c(O)c1)COC1CC(O)(C(=O)O)CC(OCC(=O)C=Cc2ccc(O)c(O)c2)C1O. The lowest BCUT2D eigenvalue weighted by molar-refractivity contribution is -0.201. The number of carbonyl (C=O) groups is 3. The van der Waals surface area contributed by atoms with Crippen molar-refractivity contribution in [2.75, 3.05) is 13.2 Å². The number of rotatable bonds is 11. The van der Waals surface area contributed by atoms with E-state index < -0.39 is 67.5 Å². The van der Waals surface area contributed by atoms with E-state index in [0.717, 1.165) is 12.2 Å². The van der Waals surface area contributed by atoms with E-state index >= 15 is 0 Å². The Morgan fingerprint density at radius 1 is 0.769 bits per heavy atom. The Kier molecular flexibility index (Phi) is 9.43. The van der Waals surface area contributed by atoms with Crippen LogP contribution in [-0.2, 0) is 23.9 Å². The first-order valence-electron chi connectivity index (χ1n) is 11.7. The maximum atomic E-state index is 12.2. The largest absolute Gasteiger partial charge is 0.504 e. The number of carboxylic acid groups (broad SMARTS) is 1. The third-order valence-corrected chi connectivity index (χ3v) is 6.04. The summed E-state index contributed by atoms with van der Waals surface area (Å²) in [5.41, 5.74) is -1.53. The van der Waals surface area contributed by atoms with Crippen LogP contribution in [-0.4, -0.2) is 90.4 Å². The Bertz CT molecular complexity index is 1190. The van der Waals surface area contributed by atoms with Gasteiger partial charge in [-0.15, -0.1) is 0 Å². The molecular formula is C27H28O12. The molecule has 0 amide bonds. The number of benzene rings is 2. The zero-order valence-corrected chi connectivity index (χ0v) is 20.5. The molecule has 0 aliphatic heterocycles. The molecule has 0 spiro atoms. The van der Waals surface area contributed by atoms with E-state index in [1.807, 2.05) is 0 Å². The van der Waals surface area contributed by atoms with E-state index in [4.69, 9.17) is 9.47 Å². The summed E-state index contributed by atoms with van der Waals surface area (Å²) < 4.78 is 10.8. The first-order valence-corrected chi connectivity index (χ1v) is 11.7. The number of carbonyl (C=O) groups excluding carboxylic acids is 2. The Labute approximate surface area is 222 Å². The molecule has 1 saturated carbocycles. The molecule has 0 radical (unpaired) electrons. The number of hydrogen-bond acceptors (Lipinski definition) is 11. The summed E-state index contributed by atoms with van der Waals surface area (Å²) in [6.45, 7) is -1.16.